The molecule has 0 saturated heterocycles. The van der Waals surface area contributed by atoms with Crippen LogP contribution in [0.3, 0.4) is 0 Å². The van der Waals surface area contributed by atoms with Gasteiger partial charge in [-0.05, 0) is 50.8 Å². The van der Waals surface area contributed by atoms with Crippen LogP contribution in [0.25, 0.3) is 11.0 Å². The number of nitrogens with one attached hydrogen (secondary N) is 2. The Morgan fingerprint density at radius 1 is 1.13 bits per heavy atom. The number of rotatable bonds is 11. The number of halogens is 3. The third-order valence-electron chi connectivity index (χ3n) is 6.19. The van der Waals surface area contributed by atoms with Crippen LogP contribution in [0.1, 0.15) is 66.6 Å². The lowest BCUT2D eigenvalue weighted by molar-refractivity contribution is -0.153. The van der Waals surface area contributed by atoms with Crippen molar-refractivity contribution in [3.8, 4) is 5.75 Å². The van der Waals surface area contributed by atoms with Crippen molar-refractivity contribution in [1.29, 1.82) is 0 Å². The molecule has 1 aromatic carbocycles. The Hall–Kier alpha value is -3.60. The zero-order valence-corrected chi connectivity index (χ0v) is 21.9. The summed E-state index contributed by atoms with van der Waals surface area (Å²) < 4.78 is 46.0. The van der Waals surface area contributed by atoms with Crippen molar-refractivity contribution in [2.24, 2.45) is 7.05 Å². The number of hydrogen-bond donors (Lipinski definition) is 3. The summed E-state index contributed by atoms with van der Waals surface area (Å²) in [6, 6.07) is 9.61. The Kier molecular flexibility index (Phi) is 9.37. The molecule has 0 aliphatic carbocycles. The molecule has 0 bridgehead atoms. The number of pyridine rings is 1. The highest BCUT2D eigenvalue weighted by Crippen LogP contribution is 2.36. The van der Waals surface area contributed by atoms with Crippen molar-refractivity contribution in [2.75, 3.05) is 11.9 Å². The Balaban J connectivity index is 2.03. The Morgan fingerprint density at radius 3 is 2.42 bits per heavy atom. The Morgan fingerprint density at radius 2 is 1.82 bits per heavy atom. The predicted molar refractivity (Wildman–Crippen MR) is 138 cm³/mol. The van der Waals surface area contributed by atoms with Crippen molar-refractivity contribution in [1.82, 2.24) is 14.9 Å². The molecule has 2 heterocycles. The van der Waals surface area contributed by atoms with Crippen LogP contribution in [0.15, 0.2) is 36.4 Å². The summed E-state index contributed by atoms with van der Waals surface area (Å²) in [7, 11) is 1.53. The normalized spacial score (nSPS) is 13.3. The van der Waals surface area contributed by atoms with Gasteiger partial charge in [0, 0.05) is 18.7 Å². The first-order valence-electron chi connectivity index (χ1n) is 12.5. The molecule has 0 radical (unpaired) electrons. The zero-order valence-electron chi connectivity index (χ0n) is 21.9. The van der Waals surface area contributed by atoms with E-state index in [1.54, 1.807) is 37.3 Å². The number of hydrogen-bond acceptors (Lipinski definition) is 5. The minimum Gasteiger partial charge on any atom is -0.481 e. The lowest BCUT2D eigenvalue weighted by atomic mass is 10.1. The van der Waals surface area contributed by atoms with Gasteiger partial charge in [-0.25, -0.2) is 4.98 Å². The maximum absolute atomic E-state index is 13.3. The first-order valence-corrected chi connectivity index (χ1v) is 12.5. The van der Waals surface area contributed by atoms with Gasteiger partial charge < -0.3 is 25.0 Å². The van der Waals surface area contributed by atoms with Gasteiger partial charge in [-0.3, -0.25) is 9.59 Å². The van der Waals surface area contributed by atoms with Crippen LogP contribution >= 0.6 is 0 Å². The van der Waals surface area contributed by atoms with E-state index in [0.717, 1.165) is 0 Å². The van der Waals surface area contributed by atoms with E-state index in [-0.39, 0.29) is 28.5 Å². The lowest BCUT2D eigenvalue weighted by Gasteiger charge is -2.17. The van der Waals surface area contributed by atoms with Gasteiger partial charge in [-0.2, -0.15) is 13.2 Å². The van der Waals surface area contributed by atoms with Gasteiger partial charge in [0.1, 0.15) is 5.65 Å². The average Bonchev–Trinajstić information content (AvgIpc) is 3.15. The molecule has 0 unspecified atom stereocenters. The smallest absolute Gasteiger partial charge is 0.422 e. The van der Waals surface area contributed by atoms with Gasteiger partial charge in [-0.15, -0.1) is 0 Å². The SMILES string of the molecule is CCc1nc2c(cc1NC(=O)c1ccccc1)c(OCC(F)(F)F)c(C(=O)N[C@@H](C)CC[C@@H](O)CC)n2C. The molecule has 0 aliphatic rings. The second kappa shape index (κ2) is 12.3. The number of aliphatic hydroxyl groups is 1. The van der Waals surface area contributed by atoms with Gasteiger partial charge >= 0.3 is 6.18 Å². The fourth-order valence-corrected chi connectivity index (χ4v) is 4.08. The van der Waals surface area contributed by atoms with Crippen LogP contribution in [0, 0.1) is 0 Å². The first kappa shape index (κ1) is 29.0. The van der Waals surface area contributed by atoms with Crippen LogP contribution in [0.4, 0.5) is 18.9 Å². The number of anilines is 1. The van der Waals surface area contributed by atoms with E-state index in [0.29, 0.717) is 42.6 Å². The van der Waals surface area contributed by atoms with Crippen molar-refractivity contribution >= 4 is 28.5 Å². The van der Waals surface area contributed by atoms with E-state index < -0.39 is 30.7 Å². The van der Waals surface area contributed by atoms with Gasteiger partial charge in [-0.1, -0.05) is 32.0 Å². The van der Waals surface area contributed by atoms with Crippen molar-refractivity contribution < 1.29 is 32.6 Å². The Labute approximate surface area is 219 Å². The molecule has 3 aromatic rings. The Bertz CT molecular complexity index is 1280. The van der Waals surface area contributed by atoms with Gasteiger partial charge in [0.05, 0.1) is 22.9 Å². The average molecular weight is 535 g/mol. The predicted octanol–water partition coefficient (Wildman–Crippen LogP) is 5.00. The lowest BCUT2D eigenvalue weighted by Crippen LogP contribution is -2.34. The molecule has 3 rings (SSSR count). The zero-order chi connectivity index (χ0) is 28.0. The fraction of sp³-hybridized carbons (Fsp3) is 0.444. The number of aryl methyl sites for hydroxylation is 2. The molecule has 0 aliphatic heterocycles. The highest BCUT2D eigenvalue weighted by molar-refractivity contribution is 6.07. The number of aromatic nitrogens is 2. The van der Waals surface area contributed by atoms with E-state index in [2.05, 4.69) is 15.6 Å². The van der Waals surface area contributed by atoms with Crippen LogP contribution < -0.4 is 15.4 Å². The summed E-state index contributed by atoms with van der Waals surface area (Å²) in [4.78, 5) is 30.6. The monoisotopic (exact) mass is 534 g/mol. The molecule has 0 spiro atoms. The second-order valence-corrected chi connectivity index (χ2v) is 9.18. The molecule has 2 amide bonds. The van der Waals surface area contributed by atoms with Crippen molar-refractivity contribution in [2.45, 2.75) is 64.8 Å². The van der Waals surface area contributed by atoms with E-state index in [1.807, 2.05) is 13.8 Å². The third kappa shape index (κ3) is 7.03. The standard InChI is InChI=1S/C27H33F3N4O4/c1-5-18(35)13-12-16(3)31-26(37)22-23(38-15-27(28,29)30)19-14-21(20(6-2)32-24(19)34(22)4)33-25(36)17-10-8-7-9-11-17/h7-11,14,16,18,35H,5-6,12-13,15H2,1-4H3,(H,31,37)(H,33,36)/t16-,18-/m0/s1. The highest BCUT2D eigenvalue weighted by Gasteiger charge is 2.32. The maximum atomic E-state index is 13.3. The second-order valence-electron chi connectivity index (χ2n) is 9.18. The number of amides is 2. The summed E-state index contributed by atoms with van der Waals surface area (Å²) in [6.45, 7) is 3.83. The number of ether oxygens (including phenoxy) is 1. The number of carbonyl (C=O) groups is 2. The summed E-state index contributed by atoms with van der Waals surface area (Å²) in [5.74, 6) is -1.31. The molecule has 8 nitrogen and oxygen atoms in total. The van der Waals surface area contributed by atoms with Crippen LogP contribution in [-0.4, -0.2) is 51.4 Å². The van der Waals surface area contributed by atoms with E-state index in [9.17, 15) is 27.9 Å². The molecule has 2 atom stereocenters. The van der Waals surface area contributed by atoms with Crippen LogP contribution in [0.5, 0.6) is 5.75 Å². The number of carbonyl (C=O) groups excluding carboxylic acids is 2. The molecule has 38 heavy (non-hydrogen) atoms. The van der Waals surface area contributed by atoms with Crippen molar-refractivity contribution in [3.05, 3.63) is 53.3 Å². The molecule has 0 saturated carbocycles. The topological polar surface area (TPSA) is 105 Å². The molecule has 11 heteroatoms. The maximum Gasteiger partial charge on any atom is 0.422 e. The molecule has 0 fully saturated rings. The van der Waals surface area contributed by atoms with Gasteiger partial charge in [0.2, 0.25) is 0 Å². The molecular weight excluding hydrogens is 501 g/mol. The largest absolute Gasteiger partial charge is 0.481 e. The summed E-state index contributed by atoms with van der Waals surface area (Å²) in [5.41, 5.74) is 1.34. The molecule has 2 aromatic heterocycles. The fourth-order valence-electron chi connectivity index (χ4n) is 4.08. The summed E-state index contributed by atoms with van der Waals surface area (Å²) in [6.07, 6.45) is -3.19. The van der Waals surface area contributed by atoms with Crippen LogP contribution in [0.2, 0.25) is 0 Å². The summed E-state index contributed by atoms with van der Waals surface area (Å²) >= 11 is 0. The quantitative estimate of drug-likeness (QED) is 0.321. The number of benzene rings is 1. The number of alkyl halides is 3. The van der Waals surface area contributed by atoms with E-state index in [1.165, 1.54) is 17.7 Å². The third-order valence-corrected chi connectivity index (χ3v) is 6.19. The minimum atomic E-state index is -4.64. The molecule has 206 valence electrons. The van der Waals surface area contributed by atoms with Gasteiger partial charge in [0.25, 0.3) is 11.8 Å². The number of aliphatic hydroxyl groups excluding tert-OH is 1. The number of nitrogens with zero attached hydrogens (tertiary/aromatic N) is 2. The minimum absolute atomic E-state index is 0.117. The molecule has 3 N–H and O–H groups in total. The van der Waals surface area contributed by atoms with Crippen LogP contribution in [-0.2, 0) is 13.5 Å². The van der Waals surface area contributed by atoms with E-state index in [4.69, 9.17) is 4.74 Å². The van der Waals surface area contributed by atoms with Crippen molar-refractivity contribution in [3.63, 3.8) is 0 Å². The number of fused-ring (bicyclic) bond motifs is 1. The highest BCUT2D eigenvalue weighted by atomic mass is 19.4. The molecular formula is C27H33F3N4O4. The first-order chi connectivity index (χ1) is 17.9. The van der Waals surface area contributed by atoms with Gasteiger partial charge in [0.15, 0.2) is 18.1 Å². The summed E-state index contributed by atoms with van der Waals surface area (Å²) in [5, 5.41) is 15.5. The van der Waals surface area contributed by atoms with E-state index >= 15 is 0 Å².